The van der Waals surface area contributed by atoms with E-state index in [1.165, 1.54) is 24.3 Å². The van der Waals surface area contributed by atoms with Gasteiger partial charge >= 0.3 is 6.09 Å². The first-order valence-corrected chi connectivity index (χ1v) is 13.2. The number of rotatable bonds is 8. The van der Waals surface area contributed by atoms with Gasteiger partial charge in [0.1, 0.15) is 23.3 Å². The number of thioether (sulfide) groups is 1. The molecule has 8 heteroatoms. The number of carbonyl (C=O) groups is 1. The number of hydrogen-bond acceptors (Lipinski definition) is 5. The Morgan fingerprint density at radius 2 is 1.59 bits per heavy atom. The van der Waals surface area contributed by atoms with E-state index in [9.17, 15) is 13.6 Å². The summed E-state index contributed by atoms with van der Waals surface area (Å²) in [4.78, 5) is 16.6. The maximum Gasteiger partial charge on any atom is 0.411 e. The smallest absolute Gasteiger partial charge is 0.411 e. The van der Waals surface area contributed by atoms with Crippen LogP contribution in [0.3, 0.4) is 0 Å². The van der Waals surface area contributed by atoms with Crippen LogP contribution < -0.4 is 0 Å². The zero-order chi connectivity index (χ0) is 23.7. The van der Waals surface area contributed by atoms with E-state index in [1.54, 1.807) is 36.0 Å². The van der Waals surface area contributed by atoms with Crippen LogP contribution in [0.1, 0.15) is 42.9 Å². The number of ether oxygens (including phenoxy) is 2. The molecule has 0 aliphatic carbocycles. The first-order valence-electron chi connectivity index (χ1n) is 11.8. The van der Waals surface area contributed by atoms with E-state index < -0.39 is 6.10 Å². The van der Waals surface area contributed by atoms with Gasteiger partial charge in [-0.3, -0.25) is 9.80 Å². The van der Waals surface area contributed by atoms with Gasteiger partial charge in [-0.2, -0.15) is 0 Å². The molecular weight excluding hydrogens is 458 g/mol. The minimum absolute atomic E-state index is 0.188. The average Bonchev–Trinajstić information content (AvgIpc) is 3.25. The topological polar surface area (TPSA) is 42.0 Å². The van der Waals surface area contributed by atoms with Gasteiger partial charge in [-0.25, -0.2) is 13.6 Å². The third-order valence-electron chi connectivity index (χ3n) is 7.29. The third kappa shape index (κ3) is 4.81. The molecule has 3 heterocycles. The fraction of sp³-hybridized carbons (Fsp3) is 0.500. The molecule has 0 N–H and O–H groups in total. The summed E-state index contributed by atoms with van der Waals surface area (Å²) < 4.78 is 39.2. The summed E-state index contributed by atoms with van der Waals surface area (Å²) in [7, 11) is 0. The largest absolute Gasteiger partial charge is 0.441 e. The van der Waals surface area contributed by atoms with Gasteiger partial charge in [-0.1, -0.05) is 24.3 Å². The molecule has 1 spiro atoms. The normalized spacial score (nSPS) is 26.6. The molecule has 2 unspecified atom stereocenters. The molecule has 2 bridgehead atoms. The summed E-state index contributed by atoms with van der Waals surface area (Å²) >= 11 is 1.64. The number of hydrogen-bond donors (Lipinski definition) is 0. The Bertz CT molecular complexity index is 945. The van der Waals surface area contributed by atoms with Crippen molar-refractivity contribution >= 4 is 17.9 Å². The highest BCUT2D eigenvalue weighted by atomic mass is 32.2. The third-order valence-corrected chi connectivity index (χ3v) is 7.86. The van der Waals surface area contributed by atoms with Crippen molar-refractivity contribution in [1.29, 1.82) is 0 Å². The first-order chi connectivity index (χ1) is 16.5. The number of piperidine rings is 1. The first kappa shape index (κ1) is 23.6. The number of carbonyl (C=O) groups excluding carboxylic acids is 1. The predicted octanol–water partition coefficient (Wildman–Crippen LogP) is 5.21. The van der Waals surface area contributed by atoms with Crippen molar-refractivity contribution in [2.24, 2.45) is 0 Å². The van der Waals surface area contributed by atoms with Crippen LogP contribution in [0.25, 0.3) is 0 Å². The van der Waals surface area contributed by atoms with Gasteiger partial charge in [-0.15, -0.1) is 11.8 Å². The number of nitrogens with zero attached hydrogens (tertiary/aromatic N) is 2. The monoisotopic (exact) mass is 488 g/mol. The van der Waals surface area contributed by atoms with E-state index in [0.29, 0.717) is 31.1 Å². The van der Waals surface area contributed by atoms with Crippen molar-refractivity contribution in [2.75, 3.05) is 31.8 Å². The van der Waals surface area contributed by atoms with Crippen LogP contribution >= 0.6 is 11.8 Å². The second kappa shape index (κ2) is 9.84. The van der Waals surface area contributed by atoms with Crippen molar-refractivity contribution in [3.63, 3.8) is 0 Å². The highest BCUT2D eigenvalue weighted by Crippen LogP contribution is 2.45. The molecule has 0 radical (unpaired) electrons. The quantitative estimate of drug-likeness (QED) is 0.510. The van der Waals surface area contributed by atoms with Gasteiger partial charge in [0, 0.05) is 31.5 Å². The minimum Gasteiger partial charge on any atom is -0.441 e. The van der Waals surface area contributed by atoms with Crippen LogP contribution in [0.4, 0.5) is 13.6 Å². The summed E-state index contributed by atoms with van der Waals surface area (Å²) in [5.41, 5.74) is 1.31. The second-order valence-electron chi connectivity index (χ2n) is 9.55. The Kier molecular flexibility index (Phi) is 6.82. The maximum absolute atomic E-state index is 13.5. The van der Waals surface area contributed by atoms with Crippen molar-refractivity contribution in [1.82, 2.24) is 9.80 Å². The summed E-state index contributed by atoms with van der Waals surface area (Å²) in [6.45, 7) is 1.95. The average molecular weight is 489 g/mol. The number of benzene rings is 2. The SMILES string of the molecule is CSCN1CC2(CC3CCC(C2)N3CCOC(c2ccc(F)cc2)c2ccc(F)cc2)OC1=O. The van der Waals surface area contributed by atoms with Crippen molar-refractivity contribution < 1.29 is 23.0 Å². The lowest BCUT2D eigenvalue weighted by Crippen LogP contribution is -2.53. The van der Waals surface area contributed by atoms with Gasteiger partial charge in [0.05, 0.1) is 19.0 Å². The molecule has 5 rings (SSSR count). The maximum atomic E-state index is 13.5. The molecule has 2 atom stereocenters. The fourth-order valence-electron chi connectivity index (χ4n) is 5.86. The lowest BCUT2D eigenvalue weighted by atomic mass is 9.86. The number of halogens is 2. The van der Waals surface area contributed by atoms with Gasteiger partial charge in [0.2, 0.25) is 0 Å². The summed E-state index contributed by atoms with van der Waals surface area (Å²) in [5.74, 6) is 0.0648. The fourth-order valence-corrected chi connectivity index (χ4v) is 6.37. The van der Waals surface area contributed by atoms with E-state index in [-0.39, 0.29) is 23.3 Å². The predicted molar refractivity (Wildman–Crippen MR) is 128 cm³/mol. The zero-order valence-electron chi connectivity index (χ0n) is 19.3. The molecule has 0 aromatic heterocycles. The molecule has 3 saturated heterocycles. The van der Waals surface area contributed by atoms with Crippen molar-refractivity contribution in [3.05, 3.63) is 71.3 Å². The Morgan fingerprint density at radius 3 is 2.12 bits per heavy atom. The Morgan fingerprint density at radius 1 is 1.03 bits per heavy atom. The Hall–Kier alpha value is -2.16. The Balaban J connectivity index is 1.23. The van der Waals surface area contributed by atoms with Crippen LogP contribution in [-0.2, 0) is 9.47 Å². The summed E-state index contributed by atoms with van der Waals surface area (Å²) in [6, 6.07) is 13.3. The van der Waals surface area contributed by atoms with Crippen LogP contribution in [0.5, 0.6) is 0 Å². The lowest BCUT2D eigenvalue weighted by Gasteiger charge is -2.43. The molecule has 0 saturated carbocycles. The molecule has 3 aliphatic heterocycles. The molecule has 5 nitrogen and oxygen atoms in total. The van der Waals surface area contributed by atoms with Gasteiger partial charge in [0.25, 0.3) is 0 Å². The van der Waals surface area contributed by atoms with E-state index in [1.807, 2.05) is 11.2 Å². The molecule has 3 aliphatic rings. The number of fused-ring (bicyclic) bond motifs is 2. The van der Waals surface area contributed by atoms with Gasteiger partial charge in [-0.05, 0) is 54.5 Å². The second-order valence-corrected chi connectivity index (χ2v) is 10.4. The van der Waals surface area contributed by atoms with E-state index in [2.05, 4.69) is 4.90 Å². The van der Waals surface area contributed by atoms with Crippen LogP contribution in [-0.4, -0.2) is 65.4 Å². The molecule has 182 valence electrons. The summed E-state index contributed by atoms with van der Waals surface area (Å²) in [6.07, 6.45) is 5.34. The summed E-state index contributed by atoms with van der Waals surface area (Å²) in [5, 5.41) is 0. The molecule has 1 amide bonds. The zero-order valence-corrected chi connectivity index (χ0v) is 20.1. The van der Waals surface area contributed by atoms with Crippen LogP contribution in [0.2, 0.25) is 0 Å². The number of amides is 1. The highest BCUT2D eigenvalue weighted by Gasteiger charge is 2.54. The van der Waals surface area contributed by atoms with E-state index in [4.69, 9.17) is 9.47 Å². The van der Waals surface area contributed by atoms with Crippen molar-refractivity contribution in [2.45, 2.75) is 49.5 Å². The van der Waals surface area contributed by atoms with Crippen molar-refractivity contribution in [3.8, 4) is 0 Å². The van der Waals surface area contributed by atoms with E-state index >= 15 is 0 Å². The van der Waals surface area contributed by atoms with Crippen LogP contribution in [0, 0.1) is 11.6 Å². The standard InChI is InChI=1S/C26H30F2N2O3S/c1-34-17-29-16-26(33-25(29)31)14-22-10-11-23(15-26)30(22)12-13-32-24(18-2-6-20(27)7-3-18)19-4-8-21(28)9-5-19/h2-9,22-24H,10-17H2,1H3. The Labute approximate surface area is 203 Å². The molecule has 2 aromatic carbocycles. The van der Waals surface area contributed by atoms with Crippen LogP contribution in [0.15, 0.2) is 48.5 Å². The minimum atomic E-state index is -0.397. The van der Waals surface area contributed by atoms with Gasteiger partial charge < -0.3 is 9.47 Å². The lowest BCUT2D eigenvalue weighted by molar-refractivity contribution is -0.0421. The molecular formula is C26H30F2N2O3S. The molecule has 2 aromatic rings. The van der Waals surface area contributed by atoms with E-state index in [0.717, 1.165) is 43.4 Å². The molecule has 34 heavy (non-hydrogen) atoms. The molecule has 3 fully saturated rings. The van der Waals surface area contributed by atoms with Gasteiger partial charge in [0.15, 0.2) is 0 Å². The highest BCUT2D eigenvalue weighted by molar-refractivity contribution is 7.98.